The van der Waals surface area contributed by atoms with Gasteiger partial charge in [0.15, 0.2) is 0 Å². The summed E-state index contributed by atoms with van der Waals surface area (Å²) in [6.07, 6.45) is 11.1. The monoisotopic (exact) mass is 1310 g/mol. The van der Waals surface area contributed by atoms with E-state index in [0.29, 0.717) is 34.9 Å². The van der Waals surface area contributed by atoms with E-state index in [1.807, 2.05) is 6.08 Å². The fourth-order valence-corrected chi connectivity index (χ4v) is 3.30. The van der Waals surface area contributed by atoms with Crippen LogP contribution in [0.1, 0.15) is 241 Å². The van der Waals surface area contributed by atoms with Gasteiger partial charge in [-0.15, -0.1) is 0 Å². The van der Waals surface area contributed by atoms with Crippen LogP contribution in [0.3, 0.4) is 0 Å². The third-order valence-electron chi connectivity index (χ3n) is 5.32. The molecule has 0 amide bonds. The summed E-state index contributed by atoms with van der Waals surface area (Å²) in [6, 6.07) is 0. The van der Waals surface area contributed by atoms with E-state index in [1.54, 1.807) is 31.3 Å². The molecule has 7 aliphatic rings. The fraction of sp³-hybridized carbons (Fsp3) is 0.568. The average molecular weight is 1310 g/mol. The summed E-state index contributed by atoms with van der Waals surface area (Å²) in [6.45, 7) is 93.5. The lowest BCUT2D eigenvalue weighted by atomic mass is 10.2. The summed E-state index contributed by atoms with van der Waals surface area (Å²) in [5.41, 5.74) is 17.3. The molecule has 0 saturated carbocycles. The van der Waals surface area contributed by atoms with E-state index in [2.05, 4.69) is 327 Å². The molecule has 16 N–H and O–H groups in total. The molecule has 556 valence electrons. The zero-order valence-electron chi connectivity index (χ0n) is 54.5. The number of nitrogens with zero attached hydrogens (tertiary/aromatic N) is 2. The topological polar surface area (TPSA) is 217 Å². The molecule has 0 unspecified atom stereocenters. The van der Waals surface area contributed by atoms with Crippen molar-refractivity contribution in [3.8, 4) is 0 Å². The maximum atomic E-state index is 3.78. The minimum Gasteiger partial charge on any atom is -0.349 e. The first kappa shape index (κ1) is 137. The van der Waals surface area contributed by atoms with Crippen LogP contribution in [0.25, 0.3) is 0 Å². The van der Waals surface area contributed by atoms with Crippen LogP contribution in [-0.2, 0) is 0 Å². The van der Waals surface area contributed by atoms with Gasteiger partial charge in [0.25, 0.3) is 0 Å². The molecule has 0 spiro atoms. The van der Waals surface area contributed by atoms with Crippen molar-refractivity contribution in [1.29, 1.82) is 0 Å². The van der Waals surface area contributed by atoms with E-state index in [4.69, 9.17) is 0 Å². The van der Waals surface area contributed by atoms with Crippen molar-refractivity contribution >= 4 is 12.7 Å². The molecule has 0 radical (unpaired) electrons. The first-order valence-corrected chi connectivity index (χ1v) is 27.2. The quantitative estimate of drug-likeness (QED) is 0.109. The molecule has 0 aromatic heterocycles. The van der Waals surface area contributed by atoms with Gasteiger partial charge in [0.2, 0.25) is 0 Å². The van der Waals surface area contributed by atoms with Gasteiger partial charge in [-0.3, -0.25) is 10.9 Å². The van der Waals surface area contributed by atoms with E-state index >= 15 is 0 Å². The summed E-state index contributed by atoms with van der Waals surface area (Å²) in [4.78, 5) is 7.47. The number of aliphatic imine (C=N–C) groups is 2. The summed E-state index contributed by atoms with van der Waals surface area (Å²) in [5.74, 6) is 12.3. The largest absolute Gasteiger partial charge is 0.349 e. The number of rotatable bonds is 0. The van der Waals surface area contributed by atoms with E-state index in [0.717, 1.165) is 94.6 Å². The van der Waals surface area contributed by atoms with Gasteiger partial charge in [-0.25, -0.2) is 15.4 Å². The first-order chi connectivity index (χ1) is 36.7. The minimum absolute atomic E-state index is 0. The summed E-state index contributed by atoms with van der Waals surface area (Å²) in [7, 11) is 0. The molecular weight excluding hydrogens is 1140 g/mol. The van der Waals surface area contributed by atoms with Gasteiger partial charge in [0.1, 0.15) is 41.3 Å². The van der Waals surface area contributed by atoms with E-state index in [1.165, 1.54) is 0 Å². The Morgan fingerprint density at radius 3 is 0.750 bits per heavy atom. The molecule has 92 heavy (non-hydrogen) atoms. The van der Waals surface area contributed by atoms with Gasteiger partial charge in [-0.05, 0) is 47.5 Å². The zero-order valence-corrected chi connectivity index (χ0v) is 54.5. The molecule has 3 fully saturated rings. The molecule has 0 aliphatic carbocycles. The van der Waals surface area contributed by atoms with Crippen LogP contribution in [0.4, 0.5) is 0 Å². The van der Waals surface area contributed by atoms with Crippen molar-refractivity contribution in [2.75, 3.05) is 6.54 Å². The number of nitrogens with one attached hydrogen (secondary N) is 16. The van der Waals surface area contributed by atoms with Gasteiger partial charge < -0.3 is 63.9 Å². The van der Waals surface area contributed by atoms with Gasteiger partial charge in [-0.1, -0.05) is 320 Å². The second-order valence-corrected chi connectivity index (χ2v) is 22.4. The van der Waals surface area contributed by atoms with Crippen molar-refractivity contribution < 1.29 is 0 Å². The van der Waals surface area contributed by atoms with E-state index in [-0.39, 0.29) is 89.1 Å². The number of hydrogen-bond acceptors (Lipinski definition) is 18. The Labute approximate surface area is 580 Å². The number of hydrazine groups is 3. The summed E-state index contributed by atoms with van der Waals surface area (Å²) in [5, 5.41) is 31.4. The van der Waals surface area contributed by atoms with Crippen LogP contribution in [0, 0.1) is 41.4 Å². The Hall–Kier alpha value is -7.44. The highest BCUT2D eigenvalue weighted by Gasteiger charge is 2.06. The number of allylic oxidation sites excluding steroid dienone is 1. The highest BCUT2D eigenvalue weighted by molar-refractivity contribution is 5.60. The zero-order chi connectivity index (χ0) is 63.9. The third kappa shape index (κ3) is 166. The van der Waals surface area contributed by atoms with Crippen molar-refractivity contribution in [2.45, 2.75) is 241 Å². The molecule has 0 atom stereocenters. The van der Waals surface area contributed by atoms with Crippen LogP contribution >= 0.6 is 0 Å². The lowest BCUT2D eigenvalue weighted by Crippen LogP contribution is -2.40. The average Bonchev–Trinajstić information content (AvgIpc) is 4.05. The molecule has 7 rings (SSSR count). The smallest absolute Gasteiger partial charge is 0.138 e. The van der Waals surface area contributed by atoms with Crippen molar-refractivity contribution in [3.05, 3.63) is 185 Å². The first-order valence-electron chi connectivity index (χ1n) is 27.2. The standard InChI is InChI=1S/C7H10N2.C6H9N3.C6H8N2.C5H7N3.C4H6N2.7C4H10.C3H5N3.C3H7N3.12CH4/c1-5-4-6(2)9-7(3)8-5;1-4-7-5(2)9-6(3)8-4;1-5-3-4-7-6(2)8-5;1-4-6-3-7-5(2)8-4;1-4-5-2-3-6-4;7*1-4(2)3;1-3-4-2-5-6-3;1-3-2-4-6-5-3;;;;;;;;;;;;/h8-9H,1-4H2;7-9H,1-3H2;3-4,7-8H,1-2H2;3,8H,1-2H2,(H,6,7);2-3,5-6H,1H2;7*4H,1-3H3;2,6H,1H2,(H,4,5);4-6H,1-2H2;12*1H4. The lowest BCUT2D eigenvalue weighted by molar-refractivity contribution is 0.602. The van der Waals surface area contributed by atoms with Crippen LogP contribution in [-0.4, -0.2) is 19.2 Å². The van der Waals surface area contributed by atoms with Crippen LogP contribution in [0.5, 0.6) is 0 Å². The van der Waals surface area contributed by atoms with E-state index < -0.39 is 0 Å². The molecule has 18 heteroatoms. The lowest BCUT2D eigenvalue weighted by Gasteiger charge is -2.23. The molecule has 0 aromatic rings. The molecular formula is C74H170N18. The number of hydrogen-bond donors (Lipinski definition) is 16. The van der Waals surface area contributed by atoms with E-state index in [9.17, 15) is 0 Å². The Balaban J connectivity index is -0.0000000367. The molecule has 0 aromatic carbocycles. The summed E-state index contributed by atoms with van der Waals surface area (Å²) >= 11 is 0. The van der Waals surface area contributed by atoms with Gasteiger partial charge in [-0.2, -0.15) is 5.53 Å². The summed E-state index contributed by atoms with van der Waals surface area (Å²) < 4.78 is 0. The normalized spacial score (nSPS) is 13.0. The van der Waals surface area contributed by atoms with Crippen molar-refractivity contribution in [1.82, 2.24) is 85.7 Å². The molecule has 18 nitrogen and oxygen atoms in total. The van der Waals surface area contributed by atoms with Crippen molar-refractivity contribution in [3.63, 3.8) is 0 Å². The maximum Gasteiger partial charge on any atom is 0.138 e. The van der Waals surface area contributed by atoms with Crippen LogP contribution in [0.15, 0.2) is 195 Å². The highest BCUT2D eigenvalue weighted by Crippen LogP contribution is 2.09. The van der Waals surface area contributed by atoms with Gasteiger partial charge in [0, 0.05) is 47.8 Å². The second kappa shape index (κ2) is 92.3. The Kier molecular flexibility index (Phi) is 138. The minimum atomic E-state index is 0. The Morgan fingerprint density at radius 1 is 0.304 bits per heavy atom. The Bertz CT molecular complexity index is 1660. The SMILES string of the molecule is C.C.C.C.C.C.C.C.C.C.C.C.C=C1C=CNC(=C)N1.C=C1CC(=C)NC(=C)N1.C=C1CNNN1.C=C1N=CNC(=C)N1.C=C1N=CNN1.C=C1NC(=C)NC(=C)N1.C=C1NC=CN1.CC(C)C.CC(C)C.CC(C)C.CC(C)C.CC(C)C.CC(C)C.CC(C)C. The van der Waals surface area contributed by atoms with Crippen molar-refractivity contribution in [2.24, 2.45) is 51.4 Å². The van der Waals surface area contributed by atoms with Gasteiger partial charge >= 0.3 is 0 Å². The highest BCUT2D eigenvalue weighted by atomic mass is 15.6. The van der Waals surface area contributed by atoms with Crippen LogP contribution in [0.2, 0.25) is 0 Å². The molecule has 7 heterocycles. The van der Waals surface area contributed by atoms with Crippen LogP contribution < -0.4 is 85.7 Å². The molecule has 3 saturated heterocycles. The molecule has 0 bridgehead atoms. The maximum absolute atomic E-state index is 3.78. The van der Waals surface area contributed by atoms with Gasteiger partial charge in [0.05, 0.1) is 30.3 Å². The molecule has 7 aliphatic heterocycles. The second-order valence-electron chi connectivity index (χ2n) is 22.4. The predicted molar refractivity (Wildman–Crippen MR) is 438 cm³/mol. The predicted octanol–water partition coefficient (Wildman–Crippen LogP) is 20.2. The third-order valence-corrected chi connectivity index (χ3v) is 5.32. The Morgan fingerprint density at radius 2 is 0.598 bits per heavy atom. The fourth-order valence-electron chi connectivity index (χ4n) is 3.30.